The van der Waals surface area contributed by atoms with E-state index in [1.54, 1.807) is 0 Å². The Labute approximate surface area is 80.9 Å². The molecule has 3 nitrogen and oxygen atoms in total. The quantitative estimate of drug-likeness (QED) is 0.575. The van der Waals surface area contributed by atoms with E-state index in [1.807, 2.05) is 0 Å². The molecule has 0 amide bonds. The molecule has 0 radical (unpaired) electrons. The third-order valence-corrected chi connectivity index (χ3v) is 2.70. The molecule has 13 heavy (non-hydrogen) atoms. The molecule has 1 unspecified atom stereocenters. The highest BCUT2D eigenvalue weighted by atomic mass is 16.3. The van der Waals surface area contributed by atoms with Crippen LogP contribution < -0.4 is 10.6 Å². The Morgan fingerprint density at radius 1 is 1.46 bits per heavy atom. The van der Waals surface area contributed by atoms with E-state index < -0.39 is 0 Å². The summed E-state index contributed by atoms with van der Waals surface area (Å²) in [5.74, 6) is 1.23. The number of aliphatic hydroxyl groups is 1. The van der Waals surface area contributed by atoms with E-state index in [4.69, 9.17) is 5.11 Å². The van der Waals surface area contributed by atoms with Gasteiger partial charge in [0.25, 0.3) is 0 Å². The van der Waals surface area contributed by atoms with Crippen LogP contribution in [-0.2, 0) is 0 Å². The molecule has 0 aliphatic carbocycles. The van der Waals surface area contributed by atoms with E-state index in [0.717, 1.165) is 19.0 Å². The fourth-order valence-corrected chi connectivity index (χ4v) is 1.68. The number of aliphatic hydroxyl groups excluding tert-OH is 1. The van der Waals surface area contributed by atoms with E-state index in [9.17, 15) is 0 Å². The smallest absolute Gasteiger partial charge is 0.0468 e. The van der Waals surface area contributed by atoms with Gasteiger partial charge >= 0.3 is 0 Å². The Kier molecular flexibility index (Phi) is 5.35. The van der Waals surface area contributed by atoms with Gasteiger partial charge in [-0.25, -0.2) is 0 Å². The van der Waals surface area contributed by atoms with E-state index in [-0.39, 0.29) is 0 Å². The molecule has 78 valence electrons. The first-order valence-corrected chi connectivity index (χ1v) is 5.35. The van der Waals surface area contributed by atoms with Gasteiger partial charge in [0.05, 0.1) is 0 Å². The minimum absolute atomic E-state index is 0.291. The third-order valence-electron chi connectivity index (χ3n) is 2.70. The van der Waals surface area contributed by atoms with Crippen molar-refractivity contribution in [2.24, 2.45) is 11.8 Å². The van der Waals surface area contributed by atoms with Crippen LogP contribution in [0.4, 0.5) is 0 Å². The molecule has 1 saturated heterocycles. The first-order chi connectivity index (χ1) is 6.33. The molecule has 1 fully saturated rings. The molecule has 0 aromatic rings. The summed E-state index contributed by atoms with van der Waals surface area (Å²) in [7, 11) is 0. The number of piperidine rings is 1. The highest BCUT2D eigenvalue weighted by Crippen LogP contribution is 2.09. The van der Waals surface area contributed by atoms with Crippen molar-refractivity contribution in [2.45, 2.75) is 19.8 Å². The molecule has 0 aromatic carbocycles. The fraction of sp³-hybridized carbons (Fsp3) is 1.00. The summed E-state index contributed by atoms with van der Waals surface area (Å²) in [5, 5.41) is 15.6. The van der Waals surface area contributed by atoms with Crippen LogP contribution >= 0.6 is 0 Å². The molecule has 0 spiro atoms. The molecule has 1 aliphatic rings. The summed E-state index contributed by atoms with van der Waals surface area (Å²) in [5.41, 5.74) is 0. The average Bonchev–Trinajstić information content (AvgIpc) is 2.19. The van der Waals surface area contributed by atoms with E-state index in [0.29, 0.717) is 12.5 Å². The normalized spacial score (nSPS) is 21.7. The second-order valence-electron chi connectivity index (χ2n) is 4.14. The molecule has 1 aliphatic heterocycles. The largest absolute Gasteiger partial charge is 0.396 e. The monoisotopic (exact) mass is 186 g/mol. The zero-order chi connectivity index (χ0) is 9.52. The minimum Gasteiger partial charge on any atom is -0.396 e. The van der Waals surface area contributed by atoms with Crippen molar-refractivity contribution in [3.05, 3.63) is 0 Å². The Balaban J connectivity index is 1.98. The number of rotatable bonds is 5. The van der Waals surface area contributed by atoms with Crippen molar-refractivity contribution in [3.8, 4) is 0 Å². The molecule has 3 N–H and O–H groups in total. The molecule has 3 heteroatoms. The van der Waals surface area contributed by atoms with Crippen molar-refractivity contribution in [2.75, 3.05) is 32.8 Å². The predicted molar refractivity (Wildman–Crippen MR) is 54.7 cm³/mol. The van der Waals surface area contributed by atoms with Gasteiger partial charge in [0.2, 0.25) is 0 Å². The Bertz CT molecular complexity index is 124. The van der Waals surface area contributed by atoms with Crippen molar-refractivity contribution in [1.29, 1.82) is 0 Å². The van der Waals surface area contributed by atoms with Crippen molar-refractivity contribution >= 4 is 0 Å². The number of hydrogen-bond donors (Lipinski definition) is 3. The fourth-order valence-electron chi connectivity index (χ4n) is 1.68. The second kappa shape index (κ2) is 6.35. The maximum absolute atomic E-state index is 8.82. The summed E-state index contributed by atoms with van der Waals surface area (Å²) in [6, 6.07) is 0. The SMILES string of the molecule is CC(CO)CNCC1CCNCC1. The summed E-state index contributed by atoms with van der Waals surface area (Å²) in [4.78, 5) is 0. The minimum atomic E-state index is 0.291. The molecule has 1 atom stereocenters. The second-order valence-corrected chi connectivity index (χ2v) is 4.14. The van der Waals surface area contributed by atoms with Crippen molar-refractivity contribution in [3.63, 3.8) is 0 Å². The highest BCUT2D eigenvalue weighted by Gasteiger charge is 2.12. The van der Waals surface area contributed by atoms with Crippen LogP contribution in [0, 0.1) is 11.8 Å². The third kappa shape index (κ3) is 4.60. The summed E-state index contributed by atoms with van der Waals surface area (Å²) in [6.07, 6.45) is 2.58. The zero-order valence-corrected chi connectivity index (χ0v) is 8.55. The Morgan fingerprint density at radius 3 is 2.77 bits per heavy atom. The Morgan fingerprint density at radius 2 is 2.15 bits per heavy atom. The Hall–Kier alpha value is -0.120. The van der Waals surface area contributed by atoms with Gasteiger partial charge in [-0.3, -0.25) is 0 Å². The first kappa shape index (κ1) is 11.0. The molecular weight excluding hydrogens is 164 g/mol. The van der Waals surface area contributed by atoms with Crippen molar-refractivity contribution in [1.82, 2.24) is 10.6 Å². The molecule has 1 heterocycles. The van der Waals surface area contributed by atoms with Gasteiger partial charge in [0.1, 0.15) is 0 Å². The lowest BCUT2D eigenvalue weighted by Gasteiger charge is -2.23. The van der Waals surface area contributed by atoms with E-state index in [1.165, 1.54) is 25.9 Å². The first-order valence-electron chi connectivity index (χ1n) is 5.35. The summed E-state index contributed by atoms with van der Waals surface area (Å²) >= 11 is 0. The standard InChI is InChI=1S/C10H22N2O/c1-9(8-13)6-12-7-10-2-4-11-5-3-10/h9-13H,2-8H2,1H3. The van der Waals surface area contributed by atoms with Gasteiger partial charge < -0.3 is 15.7 Å². The van der Waals surface area contributed by atoms with Gasteiger partial charge in [0.15, 0.2) is 0 Å². The highest BCUT2D eigenvalue weighted by molar-refractivity contribution is 4.70. The van der Waals surface area contributed by atoms with Gasteiger partial charge in [-0.1, -0.05) is 6.92 Å². The van der Waals surface area contributed by atoms with Crippen LogP contribution in [0.3, 0.4) is 0 Å². The van der Waals surface area contributed by atoms with Crippen LogP contribution in [0.5, 0.6) is 0 Å². The van der Waals surface area contributed by atoms with Crippen LogP contribution in [0.25, 0.3) is 0 Å². The van der Waals surface area contributed by atoms with E-state index >= 15 is 0 Å². The summed E-state index contributed by atoms with van der Waals surface area (Å²) in [6.45, 7) is 6.75. The average molecular weight is 186 g/mol. The topological polar surface area (TPSA) is 44.3 Å². The molecule has 0 aromatic heterocycles. The molecule has 0 saturated carbocycles. The van der Waals surface area contributed by atoms with Crippen LogP contribution in [0.1, 0.15) is 19.8 Å². The van der Waals surface area contributed by atoms with E-state index in [2.05, 4.69) is 17.6 Å². The lowest BCUT2D eigenvalue weighted by Crippen LogP contribution is -2.35. The number of nitrogens with one attached hydrogen (secondary N) is 2. The van der Waals surface area contributed by atoms with Crippen LogP contribution in [0.15, 0.2) is 0 Å². The van der Waals surface area contributed by atoms with Gasteiger partial charge in [-0.2, -0.15) is 0 Å². The summed E-state index contributed by atoms with van der Waals surface area (Å²) < 4.78 is 0. The van der Waals surface area contributed by atoms with Gasteiger partial charge in [-0.05, 0) is 50.9 Å². The maximum Gasteiger partial charge on any atom is 0.0468 e. The van der Waals surface area contributed by atoms with Gasteiger partial charge in [0, 0.05) is 6.61 Å². The molecule has 1 rings (SSSR count). The zero-order valence-electron chi connectivity index (χ0n) is 8.55. The molecular formula is C10H22N2O. The predicted octanol–water partition coefficient (Wildman–Crippen LogP) is 0.204. The lowest BCUT2D eigenvalue weighted by atomic mass is 9.98. The van der Waals surface area contributed by atoms with Crippen LogP contribution in [-0.4, -0.2) is 37.9 Å². The number of hydrogen-bond acceptors (Lipinski definition) is 3. The van der Waals surface area contributed by atoms with Crippen LogP contribution in [0.2, 0.25) is 0 Å². The lowest BCUT2D eigenvalue weighted by molar-refractivity contribution is 0.230. The van der Waals surface area contributed by atoms with Crippen molar-refractivity contribution < 1.29 is 5.11 Å². The molecule has 0 bridgehead atoms. The van der Waals surface area contributed by atoms with Gasteiger partial charge in [-0.15, -0.1) is 0 Å². The maximum atomic E-state index is 8.82.